The first-order valence-electron chi connectivity index (χ1n) is 10.2. The average Bonchev–Trinajstić information content (AvgIpc) is 2.63. The van der Waals surface area contributed by atoms with Gasteiger partial charge in [0.1, 0.15) is 12.4 Å². The van der Waals surface area contributed by atoms with Crippen LogP contribution in [0.5, 0.6) is 5.75 Å². The summed E-state index contributed by atoms with van der Waals surface area (Å²) in [4.78, 5) is 23.5. The van der Waals surface area contributed by atoms with Crippen molar-refractivity contribution in [2.45, 2.75) is 62.5 Å². The third-order valence-corrected chi connectivity index (χ3v) is 7.93. The number of rotatable bonds is 5. The van der Waals surface area contributed by atoms with Crippen LogP contribution in [0.4, 0.5) is 5.69 Å². The summed E-state index contributed by atoms with van der Waals surface area (Å²) < 4.78 is 16.6. The van der Waals surface area contributed by atoms with Gasteiger partial charge in [-0.25, -0.2) is 0 Å². The van der Waals surface area contributed by atoms with Gasteiger partial charge in [0, 0.05) is 27.6 Å². The molecule has 4 saturated carbocycles. The van der Waals surface area contributed by atoms with Crippen molar-refractivity contribution < 1.29 is 23.9 Å². The van der Waals surface area contributed by atoms with Gasteiger partial charge in [-0.15, -0.1) is 0 Å². The van der Waals surface area contributed by atoms with E-state index in [0.717, 1.165) is 19.3 Å². The molecule has 4 aliphatic carbocycles. The van der Waals surface area contributed by atoms with Gasteiger partial charge in [0.25, 0.3) is 5.69 Å². The van der Waals surface area contributed by atoms with Gasteiger partial charge < -0.3 is 14.2 Å². The molecule has 0 amide bonds. The molecule has 0 spiro atoms. The summed E-state index contributed by atoms with van der Waals surface area (Å²) >= 11 is 3.98. The van der Waals surface area contributed by atoms with Gasteiger partial charge >= 0.3 is 5.97 Å². The molecule has 1 aromatic rings. The summed E-state index contributed by atoms with van der Waals surface area (Å²) in [5.41, 5.74) is 1.12. The Morgan fingerprint density at radius 3 is 2.72 bits per heavy atom. The highest BCUT2D eigenvalue weighted by molar-refractivity contribution is 9.10. The van der Waals surface area contributed by atoms with Crippen LogP contribution in [0, 0.1) is 27.4 Å². The van der Waals surface area contributed by atoms with Crippen LogP contribution in [0.15, 0.2) is 12.1 Å². The van der Waals surface area contributed by atoms with Crippen LogP contribution in [0.3, 0.4) is 0 Å². The first kappa shape index (κ1) is 19.3. The lowest BCUT2D eigenvalue weighted by Gasteiger charge is -2.60. The Morgan fingerprint density at radius 1 is 1.28 bits per heavy atom. The quantitative estimate of drug-likeness (QED) is 0.272. The number of hydrogen-bond donors (Lipinski definition) is 0. The average molecular weight is 466 g/mol. The Bertz CT molecular complexity index is 857. The second-order valence-electron chi connectivity index (χ2n) is 9.41. The van der Waals surface area contributed by atoms with E-state index in [2.05, 4.69) is 15.9 Å². The van der Waals surface area contributed by atoms with Crippen LogP contribution in [0.25, 0.3) is 0 Å². The zero-order valence-electron chi connectivity index (χ0n) is 16.2. The number of nitro benzene ring substituents is 1. The first-order valence-corrected chi connectivity index (χ1v) is 11.0. The second-order valence-corrected chi connectivity index (χ2v) is 11.1. The highest BCUT2D eigenvalue weighted by Gasteiger charge is 2.57. The van der Waals surface area contributed by atoms with Crippen molar-refractivity contribution in [1.29, 1.82) is 0 Å². The Labute approximate surface area is 177 Å². The number of carbonyl (C=O) groups is 1. The molecule has 0 N–H and O–H groups in total. The topological polar surface area (TPSA) is 87.9 Å². The fraction of sp³-hybridized carbons (Fsp3) is 0.667. The molecule has 2 unspecified atom stereocenters. The van der Waals surface area contributed by atoms with Crippen LogP contribution in [0.2, 0.25) is 0 Å². The summed E-state index contributed by atoms with van der Waals surface area (Å²) in [5, 5.41) is 11.2. The summed E-state index contributed by atoms with van der Waals surface area (Å²) in [6, 6.07) is 2.88. The van der Waals surface area contributed by atoms with Crippen molar-refractivity contribution >= 4 is 27.6 Å². The Balaban J connectivity index is 1.29. The molecule has 1 aromatic carbocycles. The zero-order valence-corrected chi connectivity index (χ0v) is 17.7. The minimum Gasteiger partial charge on any atom is -0.467 e. The molecule has 0 aromatic heterocycles. The summed E-state index contributed by atoms with van der Waals surface area (Å²) in [5.74, 6) is 1.72. The smallest absolute Gasteiger partial charge is 0.306 e. The number of halogens is 1. The van der Waals surface area contributed by atoms with Gasteiger partial charge in [0.05, 0.1) is 18.0 Å². The largest absolute Gasteiger partial charge is 0.467 e. The minimum absolute atomic E-state index is 0.0226. The van der Waals surface area contributed by atoms with Gasteiger partial charge in [-0.1, -0.05) is 15.9 Å². The zero-order chi connectivity index (χ0) is 20.2. The molecule has 1 heterocycles. The van der Waals surface area contributed by atoms with Crippen LogP contribution >= 0.6 is 15.9 Å². The highest BCUT2D eigenvalue weighted by Crippen LogP contribution is 2.65. The molecule has 7 nitrogen and oxygen atoms in total. The van der Waals surface area contributed by atoms with E-state index in [1.807, 2.05) is 0 Å². The fourth-order valence-electron chi connectivity index (χ4n) is 6.55. The molecule has 4 bridgehead atoms. The second kappa shape index (κ2) is 6.94. The van der Waals surface area contributed by atoms with E-state index in [-0.39, 0.29) is 41.4 Å². The van der Waals surface area contributed by atoms with Crippen molar-refractivity contribution in [2.75, 3.05) is 6.79 Å². The van der Waals surface area contributed by atoms with E-state index in [4.69, 9.17) is 14.2 Å². The number of ether oxygens (including phenoxy) is 3. The number of non-ortho nitro benzene ring substituents is 1. The Morgan fingerprint density at radius 2 is 2.03 bits per heavy atom. The van der Waals surface area contributed by atoms with E-state index in [9.17, 15) is 14.9 Å². The normalized spacial score (nSPS) is 34.4. The third kappa shape index (κ3) is 3.65. The molecule has 29 heavy (non-hydrogen) atoms. The number of benzene rings is 1. The Hall–Kier alpha value is -1.67. The van der Waals surface area contributed by atoms with E-state index in [0.29, 0.717) is 35.1 Å². The number of alkyl halides is 1. The van der Waals surface area contributed by atoms with Crippen molar-refractivity contribution in [3.63, 3.8) is 0 Å². The van der Waals surface area contributed by atoms with Gasteiger partial charge in [-0.2, -0.15) is 0 Å². The van der Waals surface area contributed by atoms with Crippen LogP contribution in [0.1, 0.15) is 56.1 Å². The molecular formula is C21H24BrNO6. The van der Waals surface area contributed by atoms with Gasteiger partial charge in [0.15, 0.2) is 6.79 Å². The van der Waals surface area contributed by atoms with Crippen LogP contribution < -0.4 is 4.74 Å². The third-order valence-electron chi connectivity index (χ3n) is 7.00. The lowest BCUT2D eigenvalue weighted by Crippen LogP contribution is -2.53. The van der Waals surface area contributed by atoms with Gasteiger partial charge in [-0.3, -0.25) is 14.9 Å². The fourth-order valence-corrected chi connectivity index (χ4v) is 8.06. The highest BCUT2D eigenvalue weighted by atomic mass is 79.9. The summed E-state index contributed by atoms with van der Waals surface area (Å²) in [6.07, 6.45) is 7.42. The maximum absolute atomic E-state index is 12.8. The van der Waals surface area contributed by atoms with Crippen LogP contribution in [-0.2, 0) is 27.5 Å². The number of esters is 1. The molecule has 2 atom stereocenters. The molecule has 0 radical (unpaired) electrons. The van der Waals surface area contributed by atoms with Crippen molar-refractivity contribution in [1.82, 2.24) is 0 Å². The number of fused-ring (bicyclic) bond motifs is 1. The maximum atomic E-state index is 12.8. The lowest BCUT2D eigenvalue weighted by molar-refractivity contribution is -0.385. The molecular weight excluding hydrogens is 442 g/mol. The molecule has 156 valence electrons. The molecule has 6 rings (SSSR count). The van der Waals surface area contributed by atoms with Crippen molar-refractivity contribution in [3.8, 4) is 5.75 Å². The number of nitro groups is 1. The van der Waals surface area contributed by atoms with Crippen molar-refractivity contribution in [3.05, 3.63) is 33.4 Å². The predicted octanol–water partition coefficient (Wildman–Crippen LogP) is 4.63. The van der Waals surface area contributed by atoms with E-state index in [1.54, 1.807) is 0 Å². The Kier molecular flexibility index (Phi) is 4.62. The van der Waals surface area contributed by atoms with Gasteiger partial charge in [0.2, 0.25) is 0 Å². The first-order chi connectivity index (χ1) is 13.8. The summed E-state index contributed by atoms with van der Waals surface area (Å²) in [7, 11) is 0. The van der Waals surface area contributed by atoms with E-state index >= 15 is 0 Å². The van der Waals surface area contributed by atoms with E-state index < -0.39 is 4.92 Å². The maximum Gasteiger partial charge on any atom is 0.306 e. The molecule has 0 saturated heterocycles. The number of hydrogen-bond acceptors (Lipinski definition) is 6. The number of nitrogens with zero attached hydrogens (tertiary/aromatic N) is 1. The molecule has 5 aliphatic rings. The summed E-state index contributed by atoms with van der Waals surface area (Å²) in [6.45, 7) is 0.313. The molecule has 1 aliphatic heterocycles. The minimum atomic E-state index is -0.453. The SMILES string of the molecule is O=C(CC12CC3CC(CC(Br)(C3)C1)C2)OCc1cc([N+](=O)[O-])cc2c1OCOC2. The molecule has 4 fully saturated rings. The van der Waals surface area contributed by atoms with E-state index in [1.165, 1.54) is 31.4 Å². The van der Waals surface area contributed by atoms with Crippen molar-refractivity contribution in [2.24, 2.45) is 17.3 Å². The van der Waals surface area contributed by atoms with Gasteiger partial charge in [-0.05, 0) is 55.8 Å². The van der Waals surface area contributed by atoms with Crippen LogP contribution in [-0.4, -0.2) is 22.0 Å². The standard InChI is InChI=1S/C21H24BrNO6/c22-21-6-13-1-14(7-21)5-20(4-13,11-21)8-18(24)28-10-16-3-17(23(25)26)2-15-9-27-12-29-19(15)16/h2-3,13-14H,1,4-12H2. The predicted molar refractivity (Wildman–Crippen MR) is 107 cm³/mol. The monoisotopic (exact) mass is 465 g/mol. The number of carbonyl (C=O) groups excluding carboxylic acids is 1. The molecule has 8 heteroatoms. The lowest BCUT2D eigenvalue weighted by atomic mass is 9.49.